The summed E-state index contributed by atoms with van der Waals surface area (Å²) in [5.74, 6) is -0.417. The quantitative estimate of drug-likeness (QED) is 0.859. The smallest absolute Gasteiger partial charge is 0.323 e. The summed E-state index contributed by atoms with van der Waals surface area (Å²) < 4.78 is 4.58. The Balaban J connectivity index is 0.00000162. The van der Waals surface area contributed by atoms with Crippen LogP contribution in [0.25, 0.3) is 10.9 Å². The van der Waals surface area contributed by atoms with Gasteiger partial charge in [-0.1, -0.05) is 24.3 Å². The van der Waals surface area contributed by atoms with E-state index in [0.717, 1.165) is 16.6 Å². The maximum atomic E-state index is 11.2. The van der Waals surface area contributed by atoms with Crippen LogP contribution in [0, 0.1) is 0 Å². The van der Waals surface area contributed by atoms with Gasteiger partial charge in [0.05, 0.1) is 12.6 Å². The highest BCUT2D eigenvalue weighted by Gasteiger charge is 2.14. The SMILES string of the molecule is COC(=O)[C@@H](N)Cc1ccc2ccccc2n1.Cl. The van der Waals surface area contributed by atoms with Gasteiger partial charge < -0.3 is 10.5 Å². The number of nitrogens with two attached hydrogens (primary N) is 1. The van der Waals surface area contributed by atoms with E-state index in [1.807, 2.05) is 36.4 Å². The lowest BCUT2D eigenvalue weighted by Gasteiger charge is -2.08. The van der Waals surface area contributed by atoms with Gasteiger partial charge in [0.2, 0.25) is 0 Å². The fraction of sp³-hybridized carbons (Fsp3) is 0.231. The second-order valence-electron chi connectivity index (χ2n) is 3.83. The van der Waals surface area contributed by atoms with Crippen molar-refractivity contribution in [2.24, 2.45) is 5.73 Å². The molecule has 0 saturated carbocycles. The molecule has 0 aliphatic rings. The number of halogens is 1. The lowest BCUT2D eigenvalue weighted by molar-refractivity contribution is -0.142. The zero-order valence-corrected chi connectivity index (χ0v) is 10.8. The molecule has 1 atom stereocenters. The summed E-state index contributed by atoms with van der Waals surface area (Å²) >= 11 is 0. The van der Waals surface area contributed by atoms with Gasteiger partial charge in [0.15, 0.2) is 0 Å². The maximum absolute atomic E-state index is 11.2. The molecule has 0 spiro atoms. The first-order valence-electron chi connectivity index (χ1n) is 5.39. The molecule has 5 heteroatoms. The zero-order chi connectivity index (χ0) is 12.3. The van der Waals surface area contributed by atoms with E-state index in [0.29, 0.717) is 6.42 Å². The number of methoxy groups -OCH3 is 1. The molecule has 0 saturated heterocycles. The first kappa shape index (κ1) is 14.4. The topological polar surface area (TPSA) is 65.2 Å². The number of pyridine rings is 1. The van der Waals surface area contributed by atoms with Crippen molar-refractivity contribution in [2.75, 3.05) is 7.11 Å². The largest absolute Gasteiger partial charge is 0.468 e. The number of carbonyl (C=O) groups is 1. The monoisotopic (exact) mass is 266 g/mol. The minimum absolute atomic E-state index is 0. The molecule has 0 aliphatic heterocycles. The number of aromatic nitrogens is 1. The molecule has 96 valence electrons. The molecule has 1 aromatic heterocycles. The Morgan fingerprint density at radius 2 is 2.06 bits per heavy atom. The number of hydrogen-bond acceptors (Lipinski definition) is 4. The number of nitrogens with zero attached hydrogens (tertiary/aromatic N) is 1. The van der Waals surface area contributed by atoms with Gasteiger partial charge in [-0.25, -0.2) is 0 Å². The van der Waals surface area contributed by atoms with Crippen molar-refractivity contribution < 1.29 is 9.53 Å². The van der Waals surface area contributed by atoms with Crippen molar-refractivity contribution in [3.8, 4) is 0 Å². The number of fused-ring (bicyclic) bond motifs is 1. The van der Waals surface area contributed by atoms with E-state index in [1.54, 1.807) is 0 Å². The van der Waals surface area contributed by atoms with Gasteiger partial charge >= 0.3 is 5.97 Å². The summed E-state index contributed by atoms with van der Waals surface area (Å²) in [7, 11) is 1.33. The van der Waals surface area contributed by atoms with Crippen molar-refractivity contribution in [3.05, 3.63) is 42.1 Å². The normalized spacial score (nSPS) is 11.7. The second kappa shape index (κ2) is 6.33. The molecular formula is C13H15ClN2O2. The minimum Gasteiger partial charge on any atom is -0.468 e. The van der Waals surface area contributed by atoms with Gasteiger partial charge in [0, 0.05) is 17.5 Å². The summed E-state index contributed by atoms with van der Waals surface area (Å²) in [6, 6.07) is 11.0. The van der Waals surface area contributed by atoms with Gasteiger partial charge in [-0.3, -0.25) is 9.78 Å². The lowest BCUT2D eigenvalue weighted by Crippen LogP contribution is -2.33. The fourth-order valence-corrected chi connectivity index (χ4v) is 1.68. The number of benzene rings is 1. The first-order valence-corrected chi connectivity index (χ1v) is 5.39. The third-order valence-electron chi connectivity index (χ3n) is 2.59. The fourth-order valence-electron chi connectivity index (χ4n) is 1.68. The van der Waals surface area contributed by atoms with Crippen molar-refractivity contribution in [1.29, 1.82) is 0 Å². The van der Waals surface area contributed by atoms with Crippen molar-refractivity contribution in [1.82, 2.24) is 4.98 Å². The van der Waals surface area contributed by atoms with Gasteiger partial charge in [0.25, 0.3) is 0 Å². The molecule has 2 rings (SSSR count). The van der Waals surface area contributed by atoms with Crippen molar-refractivity contribution in [3.63, 3.8) is 0 Å². The minimum atomic E-state index is -0.659. The third kappa shape index (κ3) is 3.18. The van der Waals surface area contributed by atoms with Crippen LogP contribution in [0.3, 0.4) is 0 Å². The van der Waals surface area contributed by atoms with Gasteiger partial charge in [-0.15, -0.1) is 12.4 Å². The molecule has 0 bridgehead atoms. The van der Waals surface area contributed by atoms with Gasteiger partial charge in [-0.05, 0) is 12.1 Å². The van der Waals surface area contributed by atoms with E-state index in [1.165, 1.54) is 7.11 Å². The number of hydrogen-bond donors (Lipinski definition) is 1. The number of ether oxygens (including phenoxy) is 1. The summed E-state index contributed by atoms with van der Waals surface area (Å²) in [5.41, 5.74) is 7.39. The van der Waals surface area contributed by atoms with Crippen LogP contribution in [-0.4, -0.2) is 24.1 Å². The van der Waals surface area contributed by atoms with Gasteiger partial charge in [0.1, 0.15) is 6.04 Å². The Hall–Kier alpha value is -1.65. The van der Waals surface area contributed by atoms with E-state index in [-0.39, 0.29) is 12.4 Å². The highest BCUT2D eigenvalue weighted by molar-refractivity contribution is 5.85. The predicted octanol–water partition coefficient (Wildman–Crippen LogP) is 1.70. The Morgan fingerprint density at radius 1 is 1.33 bits per heavy atom. The van der Waals surface area contributed by atoms with Crippen LogP contribution in [0.5, 0.6) is 0 Å². The van der Waals surface area contributed by atoms with Gasteiger partial charge in [-0.2, -0.15) is 0 Å². The highest BCUT2D eigenvalue weighted by Crippen LogP contribution is 2.12. The van der Waals surface area contributed by atoms with Crippen LogP contribution in [0.15, 0.2) is 36.4 Å². The number of rotatable bonds is 3. The molecule has 0 amide bonds. The Labute approximate surface area is 112 Å². The molecule has 2 N–H and O–H groups in total. The zero-order valence-electron chi connectivity index (χ0n) is 10.00. The van der Waals surface area contributed by atoms with Crippen LogP contribution < -0.4 is 5.73 Å². The molecule has 4 nitrogen and oxygen atoms in total. The summed E-state index contributed by atoms with van der Waals surface area (Å²) in [5, 5.41) is 1.07. The molecule has 0 fully saturated rings. The predicted molar refractivity (Wildman–Crippen MR) is 72.7 cm³/mol. The molecule has 0 unspecified atom stereocenters. The molecule has 1 heterocycles. The summed E-state index contributed by atoms with van der Waals surface area (Å²) in [4.78, 5) is 15.6. The highest BCUT2D eigenvalue weighted by atomic mass is 35.5. The third-order valence-corrected chi connectivity index (χ3v) is 2.59. The average molecular weight is 267 g/mol. The van der Waals surface area contributed by atoms with E-state index >= 15 is 0 Å². The van der Waals surface area contributed by atoms with Crippen LogP contribution in [0.2, 0.25) is 0 Å². The molecule has 1 aromatic carbocycles. The van der Waals surface area contributed by atoms with Crippen molar-refractivity contribution >= 4 is 29.3 Å². The standard InChI is InChI=1S/C13H14N2O2.ClH/c1-17-13(16)11(14)8-10-7-6-9-4-2-3-5-12(9)15-10;/h2-7,11H,8,14H2,1H3;1H/t11-;/m0./s1. The van der Waals surface area contributed by atoms with Crippen molar-refractivity contribution in [2.45, 2.75) is 12.5 Å². The Bertz CT molecular complexity index is 545. The Kier molecular flexibility index (Phi) is 5.07. The molecule has 0 aliphatic carbocycles. The molecule has 0 radical (unpaired) electrons. The number of esters is 1. The van der Waals surface area contributed by atoms with E-state index in [4.69, 9.17) is 5.73 Å². The number of carbonyl (C=O) groups excluding carboxylic acids is 1. The molecule has 2 aromatic rings. The summed E-state index contributed by atoms with van der Waals surface area (Å²) in [6.07, 6.45) is 0.386. The first-order chi connectivity index (χ1) is 8.20. The summed E-state index contributed by atoms with van der Waals surface area (Å²) in [6.45, 7) is 0. The lowest BCUT2D eigenvalue weighted by atomic mass is 10.1. The Morgan fingerprint density at radius 3 is 2.78 bits per heavy atom. The van der Waals surface area contributed by atoms with Crippen LogP contribution >= 0.6 is 12.4 Å². The van der Waals surface area contributed by atoms with Crippen LogP contribution in [0.1, 0.15) is 5.69 Å². The van der Waals surface area contributed by atoms with E-state index < -0.39 is 12.0 Å². The average Bonchev–Trinajstić information content (AvgIpc) is 2.37. The second-order valence-corrected chi connectivity index (χ2v) is 3.83. The van der Waals surface area contributed by atoms with E-state index in [9.17, 15) is 4.79 Å². The molecule has 18 heavy (non-hydrogen) atoms. The molecular weight excluding hydrogens is 252 g/mol. The maximum Gasteiger partial charge on any atom is 0.323 e. The van der Waals surface area contributed by atoms with E-state index in [2.05, 4.69) is 9.72 Å². The van der Waals surface area contributed by atoms with Crippen LogP contribution in [-0.2, 0) is 16.0 Å². The van der Waals surface area contributed by atoms with Crippen LogP contribution in [0.4, 0.5) is 0 Å². The number of para-hydroxylation sites is 1.